The Morgan fingerprint density at radius 1 is 1.04 bits per heavy atom. The smallest absolute Gasteiger partial charge is 0.255 e. The number of halogens is 1. The van der Waals surface area contributed by atoms with E-state index in [0.29, 0.717) is 11.3 Å². The zero-order chi connectivity index (χ0) is 18.8. The molecule has 0 spiro atoms. The second-order valence-electron chi connectivity index (χ2n) is 5.83. The highest BCUT2D eigenvalue weighted by atomic mass is 127. The predicted molar refractivity (Wildman–Crippen MR) is 109 cm³/mol. The molecule has 0 aliphatic rings. The van der Waals surface area contributed by atoms with E-state index in [4.69, 9.17) is 0 Å². The lowest BCUT2D eigenvalue weighted by Crippen LogP contribution is -2.23. The van der Waals surface area contributed by atoms with Gasteiger partial charge in [0, 0.05) is 37.3 Å². The van der Waals surface area contributed by atoms with Gasteiger partial charge in [-0.05, 0) is 59.0 Å². The number of carbonyl (C=O) groups is 1. The minimum absolute atomic E-state index is 0.126. The van der Waals surface area contributed by atoms with Crippen LogP contribution >= 0.6 is 22.6 Å². The van der Waals surface area contributed by atoms with Gasteiger partial charge >= 0.3 is 0 Å². The largest absolute Gasteiger partial charge is 0.376 e. The normalized spacial score (nSPS) is 11.4. The van der Waals surface area contributed by atoms with Gasteiger partial charge in [-0.3, -0.25) is 4.79 Å². The fourth-order valence-corrected chi connectivity index (χ4v) is 3.67. The van der Waals surface area contributed by atoms with Gasteiger partial charge in [0.25, 0.3) is 5.91 Å². The maximum absolute atomic E-state index is 12.5. The number of hydrogen-bond acceptors (Lipinski definition) is 4. The van der Waals surface area contributed by atoms with Crippen LogP contribution in [-0.2, 0) is 10.0 Å². The summed E-state index contributed by atoms with van der Waals surface area (Å²) in [6, 6.07) is 11.9. The number of benzene rings is 2. The monoisotopic (exact) mass is 473 g/mol. The number of sulfonamides is 1. The number of carbonyl (C=O) groups excluding carboxylic acids is 1. The topological polar surface area (TPSA) is 69.7 Å². The Morgan fingerprint density at radius 3 is 2.28 bits per heavy atom. The van der Waals surface area contributed by atoms with Gasteiger partial charge in [-0.1, -0.05) is 6.07 Å². The van der Waals surface area contributed by atoms with Crippen LogP contribution in [0.4, 0.5) is 11.4 Å². The van der Waals surface area contributed by atoms with E-state index in [0.717, 1.165) is 13.6 Å². The summed E-state index contributed by atoms with van der Waals surface area (Å²) < 4.78 is 26.8. The van der Waals surface area contributed by atoms with Gasteiger partial charge in [-0.15, -0.1) is 0 Å². The van der Waals surface area contributed by atoms with Crippen LogP contribution in [-0.4, -0.2) is 46.8 Å². The van der Waals surface area contributed by atoms with Crippen molar-refractivity contribution in [3.63, 3.8) is 0 Å². The SMILES string of the molecule is CN(C)c1ccc(S(=O)(=O)N(C)C)cc1NC(=O)c1cccc(I)c1. The molecule has 1 N–H and O–H groups in total. The van der Waals surface area contributed by atoms with Crippen molar-refractivity contribution in [1.29, 1.82) is 0 Å². The Labute approximate surface area is 162 Å². The summed E-state index contributed by atoms with van der Waals surface area (Å²) in [7, 11) is 3.02. The zero-order valence-corrected chi connectivity index (χ0v) is 17.4. The number of hydrogen-bond donors (Lipinski definition) is 1. The molecule has 0 atom stereocenters. The van der Waals surface area contributed by atoms with E-state index in [9.17, 15) is 13.2 Å². The highest BCUT2D eigenvalue weighted by Gasteiger charge is 2.20. The van der Waals surface area contributed by atoms with Gasteiger partial charge in [-0.25, -0.2) is 12.7 Å². The van der Waals surface area contributed by atoms with E-state index in [2.05, 4.69) is 27.9 Å². The lowest BCUT2D eigenvalue weighted by Gasteiger charge is -2.20. The summed E-state index contributed by atoms with van der Waals surface area (Å²) in [5.74, 6) is -0.291. The quantitative estimate of drug-likeness (QED) is 0.679. The highest BCUT2D eigenvalue weighted by Crippen LogP contribution is 2.29. The molecule has 2 aromatic carbocycles. The molecule has 0 heterocycles. The summed E-state index contributed by atoms with van der Waals surface area (Å²) in [6.07, 6.45) is 0. The molecule has 0 bridgehead atoms. The minimum Gasteiger partial charge on any atom is -0.376 e. The van der Waals surface area contributed by atoms with E-state index in [1.807, 2.05) is 25.1 Å². The van der Waals surface area contributed by atoms with Crippen molar-refractivity contribution < 1.29 is 13.2 Å². The summed E-state index contributed by atoms with van der Waals surface area (Å²) >= 11 is 2.14. The average Bonchev–Trinajstić information content (AvgIpc) is 2.54. The van der Waals surface area contributed by atoms with E-state index in [1.54, 1.807) is 24.3 Å². The van der Waals surface area contributed by atoms with Crippen molar-refractivity contribution in [3.8, 4) is 0 Å². The maximum atomic E-state index is 12.5. The predicted octanol–water partition coefficient (Wildman–Crippen LogP) is 2.86. The van der Waals surface area contributed by atoms with Crippen molar-refractivity contribution in [3.05, 3.63) is 51.6 Å². The molecule has 0 aliphatic carbocycles. The summed E-state index contributed by atoms with van der Waals surface area (Å²) in [6.45, 7) is 0. The molecule has 134 valence electrons. The van der Waals surface area contributed by atoms with E-state index >= 15 is 0 Å². The fraction of sp³-hybridized carbons (Fsp3) is 0.235. The molecule has 25 heavy (non-hydrogen) atoms. The van der Waals surface area contributed by atoms with Crippen molar-refractivity contribution in [1.82, 2.24) is 4.31 Å². The third kappa shape index (κ3) is 4.50. The molecule has 0 saturated heterocycles. The lowest BCUT2D eigenvalue weighted by molar-refractivity contribution is 0.102. The molecule has 0 fully saturated rings. The Hall–Kier alpha value is -1.65. The van der Waals surface area contributed by atoms with E-state index < -0.39 is 10.0 Å². The standard InChI is InChI=1S/C17H20IN3O3S/c1-20(2)16-9-8-14(25(23,24)21(3)4)11-15(16)19-17(22)12-6-5-7-13(18)10-12/h5-11H,1-4H3,(H,19,22). The van der Waals surface area contributed by atoms with Crippen molar-refractivity contribution in [2.24, 2.45) is 0 Å². The van der Waals surface area contributed by atoms with Gasteiger partial charge < -0.3 is 10.2 Å². The molecule has 6 nitrogen and oxygen atoms in total. The molecule has 0 aromatic heterocycles. The van der Waals surface area contributed by atoms with Gasteiger partial charge in [0.2, 0.25) is 10.0 Å². The van der Waals surface area contributed by atoms with Crippen LogP contribution in [0.5, 0.6) is 0 Å². The Bertz CT molecular complexity index is 896. The summed E-state index contributed by atoms with van der Waals surface area (Å²) in [5, 5.41) is 2.82. The van der Waals surface area contributed by atoms with Crippen LogP contribution in [0.15, 0.2) is 47.4 Å². The van der Waals surface area contributed by atoms with Gasteiger partial charge in [0.1, 0.15) is 0 Å². The Kier molecular flexibility index (Phi) is 6.07. The first kappa shape index (κ1) is 19.7. The van der Waals surface area contributed by atoms with Gasteiger partial charge in [0.15, 0.2) is 0 Å². The number of rotatable bonds is 5. The van der Waals surface area contributed by atoms with Crippen LogP contribution < -0.4 is 10.2 Å². The Balaban J connectivity index is 2.45. The van der Waals surface area contributed by atoms with Gasteiger partial charge in [-0.2, -0.15) is 0 Å². The number of anilines is 2. The third-order valence-corrected chi connectivity index (χ3v) is 6.05. The Morgan fingerprint density at radius 2 is 1.72 bits per heavy atom. The lowest BCUT2D eigenvalue weighted by atomic mass is 10.2. The molecule has 0 radical (unpaired) electrons. The van der Waals surface area contributed by atoms with Crippen LogP contribution in [0.2, 0.25) is 0 Å². The molecule has 2 rings (SSSR count). The average molecular weight is 473 g/mol. The first-order valence-corrected chi connectivity index (χ1v) is 9.95. The summed E-state index contributed by atoms with van der Waals surface area (Å²) in [4.78, 5) is 14.5. The molecule has 8 heteroatoms. The van der Waals surface area contributed by atoms with Crippen LogP contribution in [0.1, 0.15) is 10.4 Å². The number of amides is 1. The number of nitrogens with zero attached hydrogens (tertiary/aromatic N) is 2. The molecule has 2 aromatic rings. The summed E-state index contributed by atoms with van der Waals surface area (Å²) in [5.41, 5.74) is 1.67. The van der Waals surface area contributed by atoms with Crippen molar-refractivity contribution >= 4 is 49.9 Å². The first-order chi connectivity index (χ1) is 11.6. The van der Waals surface area contributed by atoms with Gasteiger partial charge in [0.05, 0.1) is 16.3 Å². The molecular formula is C17H20IN3O3S. The van der Waals surface area contributed by atoms with Crippen molar-refractivity contribution in [2.75, 3.05) is 38.4 Å². The first-order valence-electron chi connectivity index (χ1n) is 7.44. The highest BCUT2D eigenvalue weighted by molar-refractivity contribution is 14.1. The van der Waals surface area contributed by atoms with E-state index in [-0.39, 0.29) is 10.8 Å². The molecule has 1 amide bonds. The second-order valence-corrected chi connectivity index (χ2v) is 9.22. The van der Waals surface area contributed by atoms with Crippen LogP contribution in [0.25, 0.3) is 0 Å². The minimum atomic E-state index is -3.59. The fourth-order valence-electron chi connectivity index (χ4n) is 2.20. The second kappa shape index (κ2) is 7.71. The molecule has 0 aliphatic heterocycles. The molecular weight excluding hydrogens is 453 g/mol. The molecule has 0 unspecified atom stereocenters. The molecule has 0 saturated carbocycles. The van der Waals surface area contributed by atoms with Crippen molar-refractivity contribution in [2.45, 2.75) is 4.90 Å². The van der Waals surface area contributed by atoms with E-state index in [1.165, 1.54) is 26.2 Å². The third-order valence-electron chi connectivity index (χ3n) is 3.56. The maximum Gasteiger partial charge on any atom is 0.255 e. The zero-order valence-electron chi connectivity index (χ0n) is 14.4. The number of nitrogens with one attached hydrogen (secondary N) is 1. The van der Waals surface area contributed by atoms with Crippen LogP contribution in [0.3, 0.4) is 0 Å². The van der Waals surface area contributed by atoms with Crippen LogP contribution in [0, 0.1) is 3.57 Å².